The summed E-state index contributed by atoms with van der Waals surface area (Å²) in [7, 11) is 0. The Labute approximate surface area is 162 Å². The Morgan fingerprint density at radius 1 is 1.00 bits per heavy atom. The molecule has 0 radical (unpaired) electrons. The van der Waals surface area contributed by atoms with E-state index in [-0.39, 0.29) is 17.9 Å². The number of urea groups is 1. The van der Waals surface area contributed by atoms with E-state index in [2.05, 4.69) is 30.5 Å². The number of rotatable bonds is 4. The van der Waals surface area contributed by atoms with Crippen LogP contribution in [0.25, 0.3) is 0 Å². The van der Waals surface area contributed by atoms with Gasteiger partial charge < -0.3 is 15.5 Å². The minimum Gasteiger partial charge on any atom is -0.335 e. The molecule has 0 bridgehead atoms. The first-order valence-corrected chi connectivity index (χ1v) is 10.5. The number of carbonyl (C=O) groups is 2. The van der Waals surface area contributed by atoms with Gasteiger partial charge in [-0.2, -0.15) is 0 Å². The molecule has 1 aromatic carbocycles. The normalized spacial score (nSPS) is 19.1. The van der Waals surface area contributed by atoms with Crippen molar-refractivity contribution in [2.75, 3.05) is 18.4 Å². The number of benzene rings is 1. The standard InChI is InChI=1S/C22H33N3O2/c1-16(2)19-10-6-7-11-20(19)24-21(26)17-12-14-25(15-13-17)22(27)23-18-8-4-3-5-9-18/h6-7,10-11,16-18H,3-5,8-9,12-15H2,1-2H3,(H,23,27)(H,24,26). The average molecular weight is 372 g/mol. The van der Waals surface area contributed by atoms with Gasteiger partial charge in [-0.15, -0.1) is 0 Å². The van der Waals surface area contributed by atoms with Gasteiger partial charge in [0.2, 0.25) is 5.91 Å². The zero-order valence-corrected chi connectivity index (χ0v) is 16.7. The molecule has 2 fully saturated rings. The monoisotopic (exact) mass is 371 g/mol. The molecule has 2 aliphatic rings. The molecular formula is C22H33N3O2. The number of hydrogen-bond acceptors (Lipinski definition) is 2. The van der Waals surface area contributed by atoms with Crippen LogP contribution in [0.1, 0.15) is 70.3 Å². The molecule has 0 unspecified atom stereocenters. The Balaban J connectivity index is 1.48. The van der Waals surface area contributed by atoms with E-state index in [9.17, 15) is 9.59 Å². The van der Waals surface area contributed by atoms with Crippen LogP contribution < -0.4 is 10.6 Å². The van der Waals surface area contributed by atoms with E-state index >= 15 is 0 Å². The van der Waals surface area contributed by atoms with Gasteiger partial charge in [0.15, 0.2) is 0 Å². The lowest BCUT2D eigenvalue weighted by atomic mass is 9.94. The zero-order valence-electron chi connectivity index (χ0n) is 16.7. The van der Waals surface area contributed by atoms with Crippen LogP contribution in [-0.4, -0.2) is 36.0 Å². The van der Waals surface area contributed by atoms with Crippen LogP contribution in [-0.2, 0) is 4.79 Å². The van der Waals surface area contributed by atoms with Gasteiger partial charge in [-0.05, 0) is 43.2 Å². The topological polar surface area (TPSA) is 61.4 Å². The fourth-order valence-electron chi connectivity index (χ4n) is 4.21. The largest absolute Gasteiger partial charge is 0.335 e. The summed E-state index contributed by atoms with van der Waals surface area (Å²) in [5.74, 6) is 0.422. The number of amides is 3. The predicted octanol–water partition coefficient (Wildman–Crippen LogP) is 4.50. The van der Waals surface area contributed by atoms with Crippen LogP contribution >= 0.6 is 0 Å². The molecule has 27 heavy (non-hydrogen) atoms. The minimum atomic E-state index is -0.0241. The molecule has 3 amide bonds. The average Bonchev–Trinajstić information content (AvgIpc) is 2.69. The highest BCUT2D eigenvalue weighted by Crippen LogP contribution is 2.26. The van der Waals surface area contributed by atoms with Crippen molar-refractivity contribution < 1.29 is 9.59 Å². The van der Waals surface area contributed by atoms with E-state index in [4.69, 9.17) is 0 Å². The summed E-state index contributed by atoms with van der Waals surface area (Å²) in [6.07, 6.45) is 7.37. The second-order valence-electron chi connectivity index (χ2n) is 8.28. The van der Waals surface area contributed by atoms with Crippen molar-refractivity contribution in [2.45, 2.75) is 70.8 Å². The Morgan fingerprint density at radius 3 is 2.33 bits per heavy atom. The van der Waals surface area contributed by atoms with E-state index in [1.807, 2.05) is 23.1 Å². The Hall–Kier alpha value is -2.04. The lowest BCUT2D eigenvalue weighted by Crippen LogP contribution is -2.49. The first-order valence-electron chi connectivity index (χ1n) is 10.5. The van der Waals surface area contributed by atoms with Crippen molar-refractivity contribution in [2.24, 2.45) is 5.92 Å². The van der Waals surface area contributed by atoms with Gasteiger partial charge >= 0.3 is 6.03 Å². The lowest BCUT2D eigenvalue weighted by molar-refractivity contribution is -0.121. The highest BCUT2D eigenvalue weighted by Gasteiger charge is 2.28. The van der Waals surface area contributed by atoms with E-state index in [0.717, 1.165) is 36.9 Å². The van der Waals surface area contributed by atoms with Crippen LogP contribution in [0.5, 0.6) is 0 Å². The summed E-state index contributed by atoms with van der Waals surface area (Å²) < 4.78 is 0. The molecule has 0 spiro atoms. The van der Waals surface area contributed by atoms with E-state index in [1.54, 1.807) is 0 Å². The number of hydrogen-bond donors (Lipinski definition) is 2. The van der Waals surface area contributed by atoms with Gasteiger partial charge in [0.25, 0.3) is 0 Å². The van der Waals surface area contributed by atoms with Crippen LogP contribution in [0.3, 0.4) is 0 Å². The number of para-hydroxylation sites is 1. The second-order valence-corrected chi connectivity index (χ2v) is 8.28. The molecule has 1 aliphatic heterocycles. The van der Waals surface area contributed by atoms with Crippen LogP contribution in [0.2, 0.25) is 0 Å². The van der Waals surface area contributed by atoms with Crippen molar-refractivity contribution in [3.05, 3.63) is 29.8 Å². The number of piperidine rings is 1. The van der Waals surface area contributed by atoms with E-state index in [1.165, 1.54) is 19.3 Å². The maximum absolute atomic E-state index is 12.7. The second kappa shape index (κ2) is 9.25. The number of nitrogens with zero attached hydrogens (tertiary/aromatic N) is 1. The van der Waals surface area contributed by atoms with E-state index < -0.39 is 0 Å². The maximum Gasteiger partial charge on any atom is 0.317 e. The summed E-state index contributed by atoms with van der Waals surface area (Å²) in [6.45, 7) is 5.58. The Morgan fingerprint density at radius 2 is 1.67 bits per heavy atom. The molecule has 3 rings (SSSR count). The van der Waals surface area contributed by atoms with Crippen molar-refractivity contribution >= 4 is 17.6 Å². The van der Waals surface area contributed by atoms with Crippen molar-refractivity contribution in [1.29, 1.82) is 0 Å². The van der Waals surface area contributed by atoms with Crippen LogP contribution in [0.4, 0.5) is 10.5 Å². The third-order valence-corrected chi connectivity index (χ3v) is 5.93. The van der Waals surface area contributed by atoms with E-state index in [0.29, 0.717) is 25.0 Å². The summed E-state index contributed by atoms with van der Waals surface area (Å²) in [5.41, 5.74) is 2.07. The number of anilines is 1. The Kier molecular flexibility index (Phi) is 6.75. The third kappa shape index (κ3) is 5.24. The summed E-state index contributed by atoms with van der Waals surface area (Å²) in [4.78, 5) is 27.0. The minimum absolute atomic E-state index is 0.0241. The highest BCUT2D eigenvalue weighted by molar-refractivity contribution is 5.93. The molecule has 1 aliphatic carbocycles. The molecule has 1 saturated carbocycles. The molecule has 1 aromatic rings. The number of nitrogens with one attached hydrogen (secondary N) is 2. The predicted molar refractivity (Wildman–Crippen MR) is 109 cm³/mol. The fourth-order valence-corrected chi connectivity index (χ4v) is 4.21. The molecule has 0 atom stereocenters. The van der Waals surface area contributed by atoms with Crippen LogP contribution in [0.15, 0.2) is 24.3 Å². The Bertz CT molecular complexity index is 645. The number of carbonyl (C=O) groups excluding carboxylic acids is 2. The number of likely N-dealkylation sites (tertiary alicyclic amines) is 1. The summed E-state index contributed by atoms with van der Waals surface area (Å²) in [5, 5.41) is 6.29. The molecule has 5 heteroatoms. The molecule has 1 heterocycles. The summed E-state index contributed by atoms with van der Waals surface area (Å²) in [6, 6.07) is 8.39. The lowest BCUT2D eigenvalue weighted by Gasteiger charge is -2.33. The van der Waals surface area contributed by atoms with Crippen molar-refractivity contribution in [3.8, 4) is 0 Å². The highest BCUT2D eigenvalue weighted by atomic mass is 16.2. The summed E-state index contributed by atoms with van der Waals surface area (Å²) >= 11 is 0. The molecule has 2 N–H and O–H groups in total. The quantitative estimate of drug-likeness (QED) is 0.818. The van der Waals surface area contributed by atoms with Crippen molar-refractivity contribution in [1.82, 2.24) is 10.2 Å². The first-order chi connectivity index (χ1) is 13.0. The zero-order chi connectivity index (χ0) is 19.2. The third-order valence-electron chi connectivity index (χ3n) is 5.93. The van der Waals surface area contributed by atoms with Gasteiger partial charge in [0, 0.05) is 30.7 Å². The SMILES string of the molecule is CC(C)c1ccccc1NC(=O)C1CCN(C(=O)NC2CCCCC2)CC1. The molecule has 148 valence electrons. The van der Waals surface area contributed by atoms with Gasteiger partial charge in [-0.3, -0.25) is 4.79 Å². The molecular weight excluding hydrogens is 338 g/mol. The van der Waals surface area contributed by atoms with Crippen LogP contribution in [0, 0.1) is 5.92 Å². The molecule has 1 saturated heterocycles. The maximum atomic E-state index is 12.7. The molecule has 5 nitrogen and oxygen atoms in total. The first kappa shape index (κ1) is 19.7. The van der Waals surface area contributed by atoms with Gasteiger partial charge in [0.05, 0.1) is 0 Å². The van der Waals surface area contributed by atoms with Crippen molar-refractivity contribution in [3.63, 3.8) is 0 Å². The van der Waals surface area contributed by atoms with Gasteiger partial charge in [0.1, 0.15) is 0 Å². The van der Waals surface area contributed by atoms with Gasteiger partial charge in [-0.25, -0.2) is 4.79 Å². The fraction of sp³-hybridized carbons (Fsp3) is 0.636. The van der Waals surface area contributed by atoms with Gasteiger partial charge in [-0.1, -0.05) is 51.3 Å². The molecule has 0 aromatic heterocycles. The smallest absolute Gasteiger partial charge is 0.317 e.